The van der Waals surface area contributed by atoms with Crippen LogP contribution in [-0.4, -0.2) is 29.3 Å². The molecule has 1 aromatic carbocycles. The molecule has 0 amide bonds. The number of nitrogens with zero attached hydrogens (tertiary/aromatic N) is 1. The lowest BCUT2D eigenvalue weighted by atomic mass is 9.82. The van der Waals surface area contributed by atoms with Gasteiger partial charge in [-0.15, -0.1) is 0 Å². The Balaban J connectivity index is 2.26. The van der Waals surface area contributed by atoms with Crippen molar-refractivity contribution in [1.82, 2.24) is 4.90 Å². The predicted molar refractivity (Wildman–Crippen MR) is 124 cm³/mol. The summed E-state index contributed by atoms with van der Waals surface area (Å²) < 4.78 is 6.55. The first-order valence-corrected chi connectivity index (χ1v) is 12.1. The van der Waals surface area contributed by atoms with E-state index in [2.05, 4.69) is 46.4 Å². The number of fused-ring (bicyclic) bond motifs is 1. The molecule has 0 bridgehead atoms. The third kappa shape index (κ3) is 6.13. The zero-order chi connectivity index (χ0) is 21.4. The van der Waals surface area contributed by atoms with E-state index in [4.69, 9.17) is 4.74 Å². The molecule has 0 spiro atoms. The van der Waals surface area contributed by atoms with Crippen molar-refractivity contribution in [1.29, 1.82) is 0 Å². The minimum atomic E-state index is -0.139. The third-order valence-electron chi connectivity index (χ3n) is 6.92. The molecule has 2 rings (SSSR count). The van der Waals surface area contributed by atoms with Crippen molar-refractivity contribution >= 4 is 0 Å². The zero-order valence-electron chi connectivity index (χ0n) is 19.8. The molecule has 1 N–H and O–H groups in total. The lowest BCUT2D eigenvalue weighted by molar-refractivity contribution is -0.0231. The van der Waals surface area contributed by atoms with Crippen molar-refractivity contribution in [3.8, 4) is 11.5 Å². The SMILES string of the molecule is CCCCC(CC)CN(CC(CC)CCCC)C1Oc2ccc(O)cc2C1(C)C. The van der Waals surface area contributed by atoms with E-state index >= 15 is 0 Å². The average molecular weight is 404 g/mol. The molecular formula is C26H45NO2. The van der Waals surface area contributed by atoms with Gasteiger partial charge >= 0.3 is 0 Å². The predicted octanol–water partition coefficient (Wildman–Crippen LogP) is 7.12. The van der Waals surface area contributed by atoms with Crippen molar-refractivity contribution in [3.63, 3.8) is 0 Å². The van der Waals surface area contributed by atoms with Crippen LogP contribution in [0.2, 0.25) is 0 Å². The van der Waals surface area contributed by atoms with Crippen LogP contribution in [0.15, 0.2) is 18.2 Å². The lowest BCUT2D eigenvalue weighted by Gasteiger charge is -2.40. The average Bonchev–Trinajstić information content (AvgIpc) is 2.97. The molecule has 0 saturated carbocycles. The summed E-state index contributed by atoms with van der Waals surface area (Å²) in [5.74, 6) is 2.70. The van der Waals surface area contributed by atoms with Gasteiger partial charge < -0.3 is 9.84 Å². The Bertz CT molecular complexity index is 595. The summed E-state index contributed by atoms with van der Waals surface area (Å²) in [6.45, 7) is 16.0. The van der Waals surface area contributed by atoms with Gasteiger partial charge in [0, 0.05) is 24.1 Å². The summed E-state index contributed by atoms with van der Waals surface area (Å²) in [6, 6.07) is 5.58. The van der Waals surface area contributed by atoms with Gasteiger partial charge in [-0.2, -0.15) is 0 Å². The van der Waals surface area contributed by atoms with Gasteiger partial charge in [0.1, 0.15) is 11.5 Å². The topological polar surface area (TPSA) is 32.7 Å². The van der Waals surface area contributed by atoms with Gasteiger partial charge in [0.2, 0.25) is 0 Å². The number of ether oxygens (including phenoxy) is 1. The van der Waals surface area contributed by atoms with Gasteiger partial charge in [0.25, 0.3) is 0 Å². The van der Waals surface area contributed by atoms with Crippen LogP contribution in [0.1, 0.15) is 98.5 Å². The van der Waals surface area contributed by atoms with E-state index in [0.29, 0.717) is 5.75 Å². The Labute approximate surface area is 179 Å². The molecular weight excluding hydrogens is 358 g/mol. The van der Waals surface area contributed by atoms with E-state index in [0.717, 1.165) is 36.2 Å². The molecule has 1 heterocycles. The maximum absolute atomic E-state index is 10.0. The number of benzene rings is 1. The zero-order valence-corrected chi connectivity index (χ0v) is 19.8. The normalized spacial score (nSPS) is 19.8. The fourth-order valence-electron chi connectivity index (χ4n) is 4.82. The van der Waals surface area contributed by atoms with Gasteiger partial charge in [-0.05, 0) is 42.9 Å². The molecule has 3 unspecified atom stereocenters. The number of unbranched alkanes of at least 4 members (excludes halogenated alkanes) is 2. The first-order chi connectivity index (χ1) is 13.9. The van der Waals surface area contributed by atoms with Gasteiger partial charge in [0.15, 0.2) is 6.23 Å². The molecule has 3 heteroatoms. The number of hydrogen-bond acceptors (Lipinski definition) is 3. The number of hydrogen-bond donors (Lipinski definition) is 1. The Kier molecular flexibility index (Phi) is 9.33. The standard InChI is InChI=1S/C26H45NO2/c1-7-11-13-20(9-3)18-27(19-21(10-4)14-12-8-2)25-26(5,6)23-17-22(28)15-16-24(23)29-25/h15-17,20-21,25,28H,7-14,18-19H2,1-6H3. The summed E-state index contributed by atoms with van der Waals surface area (Å²) >= 11 is 0. The van der Waals surface area contributed by atoms with Crippen LogP contribution in [0.25, 0.3) is 0 Å². The molecule has 1 aromatic rings. The van der Waals surface area contributed by atoms with E-state index in [-0.39, 0.29) is 11.6 Å². The highest BCUT2D eigenvalue weighted by molar-refractivity contribution is 5.47. The van der Waals surface area contributed by atoms with Gasteiger partial charge in [-0.25, -0.2) is 0 Å². The summed E-state index contributed by atoms with van der Waals surface area (Å²) in [5, 5.41) is 10.0. The second kappa shape index (κ2) is 11.2. The van der Waals surface area contributed by atoms with Crippen LogP contribution >= 0.6 is 0 Å². The van der Waals surface area contributed by atoms with E-state index in [1.54, 1.807) is 6.07 Å². The maximum atomic E-state index is 10.0. The monoisotopic (exact) mass is 403 g/mol. The van der Waals surface area contributed by atoms with Crippen LogP contribution in [-0.2, 0) is 5.41 Å². The van der Waals surface area contributed by atoms with Gasteiger partial charge in [0.05, 0.1) is 0 Å². The highest BCUT2D eigenvalue weighted by atomic mass is 16.5. The van der Waals surface area contributed by atoms with Crippen LogP contribution in [0, 0.1) is 11.8 Å². The molecule has 0 aliphatic carbocycles. The smallest absolute Gasteiger partial charge is 0.162 e. The van der Waals surface area contributed by atoms with Crippen molar-refractivity contribution in [2.75, 3.05) is 13.1 Å². The molecule has 3 atom stereocenters. The molecule has 166 valence electrons. The summed E-state index contributed by atoms with van der Waals surface area (Å²) in [6.07, 6.45) is 10.2. The largest absolute Gasteiger partial charge is 0.508 e. The Hall–Kier alpha value is -1.22. The van der Waals surface area contributed by atoms with Crippen molar-refractivity contribution < 1.29 is 9.84 Å². The van der Waals surface area contributed by atoms with E-state index in [1.807, 2.05) is 12.1 Å². The Morgan fingerprint density at radius 3 is 2.00 bits per heavy atom. The second-order valence-electron chi connectivity index (χ2n) is 9.66. The third-order valence-corrected chi connectivity index (χ3v) is 6.92. The number of phenols is 1. The van der Waals surface area contributed by atoms with Crippen LogP contribution < -0.4 is 4.74 Å². The van der Waals surface area contributed by atoms with Crippen molar-refractivity contribution in [2.24, 2.45) is 11.8 Å². The first kappa shape index (κ1) is 24.1. The maximum Gasteiger partial charge on any atom is 0.162 e. The molecule has 0 radical (unpaired) electrons. The molecule has 0 saturated heterocycles. The van der Waals surface area contributed by atoms with E-state index in [9.17, 15) is 5.11 Å². The summed E-state index contributed by atoms with van der Waals surface area (Å²) in [4.78, 5) is 2.64. The minimum Gasteiger partial charge on any atom is -0.508 e. The van der Waals surface area contributed by atoms with Crippen molar-refractivity contribution in [3.05, 3.63) is 23.8 Å². The summed E-state index contributed by atoms with van der Waals surface area (Å²) in [7, 11) is 0. The number of phenolic OH excluding ortho intramolecular Hbond substituents is 1. The van der Waals surface area contributed by atoms with Crippen LogP contribution in [0.4, 0.5) is 0 Å². The molecule has 29 heavy (non-hydrogen) atoms. The van der Waals surface area contributed by atoms with Crippen LogP contribution in [0.3, 0.4) is 0 Å². The Morgan fingerprint density at radius 2 is 1.52 bits per heavy atom. The van der Waals surface area contributed by atoms with Crippen LogP contribution in [0.5, 0.6) is 11.5 Å². The first-order valence-electron chi connectivity index (χ1n) is 12.1. The summed E-state index contributed by atoms with van der Waals surface area (Å²) in [5.41, 5.74) is 0.996. The molecule has 1 aliphatic heterocycles. The fourth-order valence-corrected chi connectivity index (χ4v) is 4.82. The molecule has 1 aliphatic rings. The van der Waals surface area contributed by atoms with E-state index in [1.165, 1.54) is 51.4 Å². The quantitative estimate of drug-likeness (QED) is 0.380. The molecule has 0 fully saturated rings. The number of aromatic hydroxyl groups is 1. The Morgan fingerprint density at radius 1 is 0.966 bits per heavy atom. The highest BCUT2D eigenvalue weighted by Gasteiger charge is 2.45. The van der Waals surface area contributed by atoms with Gasteiger partial charge in [-0.1, -0.05) is 80.1 Å². The number of rotatable bonds is 13. The van der Waals surface area contributed by atoms with E-state index < -0.39 is 0 Å². The lowest BCUT2D eigenvalue weighted by Crippen LogP contribution is -2.51. The fraction of sp³-hybridized carbons (Fsp3) is 0.769. The van der Waals surface area contributed by atoms with Crippen molar-refractivity contribution in [2.45, 2.75) is 105 Å². The molecule has 3 nitrogen and oxygen atoms in total. The highest BCUT2D eigenvalue weighted by Crippen LogP contribution is 2.45. The van der Waals surface area contributed by atoms with Gasteiger partial charge in [-0.3, -0.25) is 4.90 Å². The minimum absolute atomic E-state index is 0.0330. The molecule has 0 aromatic heterocycles. The second-order valence-corrected chi connectivity index (χ2v) is 9.66.